The van der Waals surface area contributed by atoms with Crippen LogP contribution in [-0.2, 0) is 27.2 Å². The second-order valence-electron chi connectivity index (χ2n) is 8.54. The molecule has 0 N–H and O–H groups in total. The van der Waals surface area contributed by atoms with Gasteiger partial charge in [-0.05, 0) is 38.5 Å². The second kappa shape index (κ2) is 21.8. The van der Waals surface area contributed by atoms with Gasteiger partial charge < -0.3 is 18.1 Å². The van der Waals surface area contributed by atoms with Crippen LogP contribution in [0.15, 0.2) is 0 Å². The van der Waals surface area contributed by atoms with Crippen molar-refractivity contribution in [2.24, 2.45) is 0 Å². The summed E-state index contributed by atoms with van der Waals surface area (Å²) in [5.41, 5.74) is 0. The van der Waals surface area contributed by atoms with Gasteiger partial charge in [0.25, 0.3) is 0 Å². The van der Waals surface area contributed by atoms with E-state index in [1.807, 2.05) is 13.8 Å². The molecule has 0 fully saturated rings. The molecule has 0 spiro atoms. The van der Waals surface area contributed by atoms with E-state index in [2.05, 4.69) is 13.8 Å². The third-order valence-corrected chi connectivity index (χ3v) is 9.20. The Morgan fingerprint density at radius 2 is 0.781 bits per heavy atom. The van der Waals surface area contributed by atoms with Gasteiger partial charge in [-0.25, -0.2) is 0 Å². The van der Waals surface area contributed by atoms with Crippen molar-refractivity contribution in [2.45, 2.75) is 118 Å². The van der Waals surface area contributed by atoms with Crippen LogP contribution in [0.2, 0.25) is 0 Å². The molecule has 0 saturated carbocycles. The first kappa shape index (κ1) is 32.3. The number of rotatable bonds is 25. The van der Waals surface area contributed by atoms with Crippen LogP contribution in [0.25, 0.3) is 0 Å². The summed E-state index contributed by atoms with van der Waals surface area (Å²) in [6, 6.07) is 0. The molecule has 8 heteroatoms. The Hall–Kier alpha value is 0.300. The molecular formula is C24H52O6P2. The first-order chi connectivity index (χ1) is 15.4. The molecule has 0 heterocycles. The minimum absolute atomic E-state index is 0.481. The van der Waals surface area contributed by atoms with Crippen LogP contribution >= 0.6 is 15.2 Å². The minimum atomic E-state index is -2.99. The molecule has 0 aliphatic carbocycles. The highest BCUT2D eigenvalue weighted by Gasteiger charge is 2.25. The first-order valence-electron chi connectivity index (χ1n) is 13.2. The predicted octanol–water partition coefficient (Wildman–Crippen LogP) is 8.98. The highest BCUT2D eigenvalue weighted by atomic mass is 31.2. The highest BCUT2D eigenvalue weighted by molar-refractivity contribution is 7.54. The predicted molar refractivity (Wildman–Crippen MR) is 136 cm³/mol. The summed E-state index contributed by atoms with van der Waals surface area (Å²) in [6.07, 6.45) is 14.9. The fourth-order valence-electron chi connectivity index (χ4n) is 3.19. The Kier molecular flexibility index (Phi) is 22.0. The topological polar surface area (TPSA) is 71.1 Å². The van der Waals surface area contributed by atoms with Gasteiger partial charge in [-0.3, -0.25) is 9.13 Å². The van der Waals surface area contributed by atoms with Crippen molar-refractivity contribution in [1.82, 2.24) is 0 Å². The molecule has 6 nitrogen and oxygen atoms in total. The molecule has 0 rings (SSSR count). The Morgan fingerprint density at radius 3 is 1.25 bits per heavy atom. The van der Waals surface area contributed by atoms with Crippen molar-refractivity contribution in [3.63, 3.8) is 0 Å². The third-order valence-electron chi connectivity index (χ3n) is 5.17. The van der Waals surface area contributed by atoms with Gasteiger partial charge in [0, 0.05) is 0 Å². The minimum Gasteiger partial charge on any atom is -0.309 e. The molecular weight excluding hydrogens is 446 g/mol. The fourth-order valence-corrected chi connectivity index (χ4v) is 6.82. The van der Waals surface area contributed by atoms with Gasteiger partial charge in [-0.1, -0.05) is 79.1 Å². The van der Waals surface area contributed by atoms with Gasteiger partial charge in [0.15, 0.2) is 0 Å². The Morgan fingerprint density at radius 1 is 0.406 bits per heavy atom. The lowest BCUT2D eigenvalue weighted by Crippen LogP contribution is -2.04. The smallest absolute Gasteiger partial charge is 0.309 e. The van der Waals surface area contributed by atoms with Crippen molar-refractivity contribution in [2.75, 3.05) is 38.8 Å². The van der Waals surface area contributed by atoms with Gasteiger partial charge in [-0.2, -0.15) is 0 Å². The van der Waals surface area contributed by atoms with Crippen molar-refractivity contribution in [1.29, 1.82) is 0 Å². The first-order valence-corrected chi connectivity index (χ1v) is 16.7. The van der Waals surface area contributed by atoms with Gasteiger partial charge in [0.2, 0.25) is 0 Å². The zero-order chi connectivity index (χ0) is 24.0. The van der Waals surface area contributed by atoms with E-state index in [4.69, 9.17) is 18.1 Å². The molecule has 0 radical (unpaired) electrons. The summed E-state index contributed by atoms with van der Waals surface area (Å²) >= 11 is 0. The fraction of sp³-hybridized carbons (Fsp3) is 1.00. The molecule has 0 aromatic carbocycles. The maximum absolute atomic E-state index is 13.0. The van der Waals surface area contributed by atoms with Gasteiger partial charge >= 0.3 is 15.2 Å². The average molecular weight is 499 g/mol. The summed E-state index contributed by atoms with van der Waals surface area (Å²) in [4.78, 5) is 0. The number of hydrogen-bond donors (Lipinski definition) is 0. The van der Waals surface area contributed by atoms with Crippen LogP contribution in [0.3, 0.4) is 0 Å². The van der Waals surface area contributed by atoms with Crippen LogP contribution in [0.5, 0.6) is 0 Å². The molecule has 0 bridgehead atoms. The lowest BCUT2D eigenvalue weighted by molar-refractivity contribution is 0.200. The van der Waals surface area contributed by atoms with Crippen LogP contribution in [0.1, 0.15) is 118 Å². The lowest BCUT2D eigenvalue weighted by atomic mass is 10.2. The van der Waals surface area contributed by atoms with Crippen molar-refractivity contribution in [3.05, 3.63) is 0 Å². The van der Waals surface area contributed by atoms with Crippen LogP contribution in [0.4, 0.5) is 0 Å². The maximum Gasteiger partial charge on any atom is 0.330 e. The molecule has 0 saturated heterocycles. The molecule has 0 amide bonds. The van der Waals surface area contributed by atoms with E-state index in [1.54, 1.807) is 0 Å². The Labute approximate surface area is 199 Å². The molecule has 32 heavy (non-hydrogen) atoms. The van der Waals surface area contributed by atoms with E-state index < -0.39 is 15.2 Å². The van der Waals surface area contributed by atoms with E-state index in [0.29, 0.717) is 38.8 Å². The monoisotopic (exact) mass is 498 g/mol. The van der Waals surface area contributed by atoms with Crippen molar-refractivity contribution < 1.29 is 27.2 Å². The summed E-state index contributed by atoms with van der Waals surface area (Å²) in [7, 11) is -5.95. The van der Waals surface area contributed by atoms with E-state index in [0.717, 1.165) is 70.6 Å². The largest absolute Gasteiger partial charge is 0.330 e. The standard InChI is InChI=1S/C24H52O6P2/c1-5-9-11-13-16-22-30-32(26,28-20-8-4)24-18-15-12-14-17-23-31(25,27-19-7-3)29-21-10-6-2/h5-24H2,1-4H3. The van der Waals surface area contributed by atoms with Gasteiger partial charge in [0.1, 0.15) is 0 Å². The quantitative estimate of drug-likeness (QED) is 0.0924. The van der Waals surface area contributed by atoms with Crippen LogP contribution in [-0.4, -0.2) is 38.8 Å². The van der Waals surface area contributed by atoms with Crippen molar-refractivity contribution >= 4 is 15.2 Å². The van der Waals surface area contributed by atoms with E-state index in [1.165, 1.54) is 19.3 Å². The van der Waals surface area contributed by atoms with Gasteiger partial charge in [0.05, 0.1) is 38.8 Å². The number of unbranched alkanes of at least 4 members (excludes halogenated alkanes) is 9. The third kappa shape index (κ3) is 18.7. The highest BCUT2D eigenvalue weighted by Crippen LogP contribution is 2.50. The van der Waals surface area contributed by atoms with Gasteiger partial charge in [-0.15, -0.1) is 0 Å². The molecule has 0 aliphatic rings. The van der Waals surface area contributed by atoms with Crippen LogP contribution in [0, 0.1) is 0 Å². The normalized spacial score (nSPS) is 15.5. The second-order valence-corrected chi connectivity index (χ2v) is 12.9. The molecule has 2 atom stereocenters. The molecule has 0 aliphatic heterocycles. The summed E-state index contributed by atoms with van der Waals surface area (Å²) < 4.78 is 48.4. The van der Waals surface area contributed by atoms with E-state index in [9.17, 15) is 9.13 Å². The maximum atomic E-state index is 13.0. The van der Waals surface area contributed by atoms with E-state index in [-0.39, 0.29) is 0 Å². The Balaban J connectivity index is 4.15. The summed E-state index contributed by atoms with van der Waals surface area (Å²) in [6.45, 7) is 10.3. The SMILES string of the molecule is CCCCCCCOP(=O)(CCCCCCCP(=O)(OCCC)OCCCC)OCCC. The lowest BCUT2D eigenvalue weighted by Gasteiger charge is -2.19. The molecule has 194 valence electrons. The Bertz CT molecular complexity index is 501. The molecule has 0 aromatic rings. The molecule has 0 aromatic heterocycles. The zero-order valence-electron chi connectivity index (χ0n) is 21.5. The van der Waals surface area contributed by atoms with Crippen molar-refractivity contribution in [3.8, 4) is 0 Å². The summed E-state index contributed by atoms with van der Waals surface area (Å²) in [5.74, 6) is 0. The number of hydrogen-bond acceptors (Lipinski definition) is 6. The summed E-state index contributed by atoms with van der Waals surface area (Å²) in [5, 5.41) is 0. The van der Waals surface area contributed by atoms with E-state index >= 15 is 0 Å². The average Bonchev–Trinajstić information content (AvgIpc) is 2.78. The zero-order valence-corrected chi connectivity index (χ0v) is 23.3. The van der Waals surface area contributed by atoms with Crippen LogP contribution < -0.4 is 0 Å². The molecule has 2 unspecified atom stereocenters.